The molecule has 0 spiro atoms. The molecule has 0 radical (unpaired) electrons. The lowest BCUT2D eigenvalue weighted by Gasteiger charge is -2.20. The molecule has 1 aliphatic rings. The predicted molar refractivity (Wildman–Crippen MR) is 65.5 cm³/mol. The Balaban J connectivity index is 2.22. The van der Waals surface area contributed by atoms with Crippen LogP contribution in [-0.2, 0) is 6.42 Å². The molecule has 15 heavy (non-hydrogen) atoms. The van der Waals surface area contributed by atoms with E-state index < -0.39 is 0 Å². The van der Waals surface area contributed by atoms with Crippen LogP contribution in [0.1, 0.15) is 43.0 Å². The second-order valence-corrected chi connectivity index (χ2v) is 5.45. The molecule has 1 unspecified atom stereocenters. The monoisotopic (exact) mass is 242 g/mol. The molecule has 1 aromatic heterocycles. The first kappa shape index (κ1) is 11.2. The van der Waals surface area contributed by atoms with Gasteiger partial charge in [0.1, 0.15) is 11.0 Å². The quantitative estimate of drug-likeness (QED) is 0.741. The summed E-state index contributed by atoms with van der Waals surface area (Å²) in [4.78, 5) is 8.90. The molecule has 0 aromatic carbocycles. The van der Waals surface area contributed by atoms with Crippen molar-refractivity contribution in [1.82, 2.24) is 9.97 Å². The largest absolute Gasteiger partial charge is 0.237 e. The van der Waals surface area contributed by atoms with Gasteiger partial charge in [0.25, 0.3) is 0 Å². The summed E-state index contributed by atoms with van der Waals surface area (Å²) >= 11 is 7.95. The van der Waals surface area contributed by atoms with Gasteiger partial charge in [-0.05, 0) is 31.1 Å². The van der Waals surface area contributed by atoms with E-state index in [0.29, 0.717) is 10.4 Å². The van der Waals surface area contributed by atoms with Gasteiger partial charge in [-0.1, -0.05) is 24.9 Å². The fourth-order valence-corrected chi connectivity index (χ4v) is 3.21. The van der Waals surface area contributed by atoms with Gasteiger partial charge in [-0.2, -0.15) is 11.8 Å². The Kier molecular flexibility index (Phi) is 3.87. The first-order valence-electron chi connectivity index (χ1n) is 5.44. The Labute approximate surface area is 99.8 Å². The number of aromatic nitrogens is 2. The zero-order valence-electron chi connectivity index (χ0n) is 8.87. The lowest BCUT2D eigenvalue weighted by Crippen LogP contribution is -2.08. The summed E-state index contributed by atoms with van der Waals surface area (Å²) in [7, 11) is 0. The van der Waals surface area contributed by atoms with E-state index in [1.54, 1.807) is 0 Å². The molecule has 2 nitrogen and oxygen atoms in total. The van der Waals surface area contributed by atoms with Crippen molar-refractivity contribution in [1.29, 1.82) is 0 Å². The third-order valence-corrected chi connectivity index (χ3v) is 4.16. The second-order valence-electron chi connectivity index (χ2n) is 3.75. The van der Waals surface area contributed by atoms with Crippen molar-refractivity contribution in [2.75, 3.05) is 5.75 Å². The Morgan fingerprint density at radius 2 is 2.33 bits per heavy atom. The van der Waals surface area contributed by atoms with E-state index in [1.807, 2.05) is 17.8 Å². The highest BCUT2D eigenvalue weighted by Gasteiger charge is 2.19. The van der Waals surface area contributed by atoms with Crippen LogP contribution >= 0.6 is 23.4 Å². The molecule has 4 heteroatoms. The average Bonchev–Trinajstić information content (AvgIpc) is 2.29. The molecule has 1 atom stereocenters. The van der Waals surface area contributed by atoms with Crippen LogP contribution in [-0.4, -0.2) is 15.7 Å². The summed E-state index contributed by atoms with van der Waals surface area (Å²) in [6.45, 7) is 2.09. The smallest absolute Gasteiger partial charge is 0.143 e. The predicted octanol–water partition coefficient (Wildman–Crippen LogP) is 3.65. The highest BCUT2D eigenvalue weighted by atomic mass is 35.5. The number of thioether (sulfide) groups is 1. The van der Waals surface area contributed by atoms with Gasteiger partial charge < -0.3 is 0 Å². The highest BCUT2D eigenvalue weighted by Crippen LogP contribution is 2.36. The molecule has 2 rings (SSSR count). The van der Waals surface area contributed by atoms with E-state index in [-0.39, 0.29) is 0 Å². The maximum Gasteiger partial charge on any atom is 0.143 e. The van der Waals surface area contributed by atoms with E-state index in [2.05, 4.69) is 16.9 Å². The van der Waals surface area contributed by atoms with Gasteiger partial charge in [0, 0.05) is 5.69 Å². The Morgan fingerprint density at radius 3 is 3.00 bits per heavy atom. The molecular weight excluding hydrogens is 228 g/mol. The minimum absolute atomic E-state index is 0.461. The van der Waals surface area contributed by atoms with E-state index in [4.69, 9.17) is 11.6 Å². The number of nitrogens with zero attached hydrogens (tertiary/aromatic N) is 2. The van der Waals surface area contributed by atoms with Crippen LogP contribution in [0.25, 0.3) is 0 Å². The lowest BCUT2D eigenvalue weighted by molar-refractivity contribution is 0.658. The van der Waals surface area contributed by atoms with E-state index >= 15 is 0 Å². The molecule has 0 bridgehead atoms. The molecule has 82 valence electrons. The van der Waals surface area contributed by atoms with Crippen molar-refractivity contribution in [2.24, 2.45) is 0 Å². The fraction of sp³-hybridized carbons (Fsp3) is 0.636. The minimum atomic E-state index is 0.461. The topological polar surface area (TPSA) is 25.8 Å². The maximum atomic E-state index is 5.99. The summed E-state index contributed by atoms with van der Waals surface area (Å²) in [5.41, 5.74) is 1.05. The second kappa shape index (κ2) is 5.17. The van der Waals surface area contributed by atoms with Crippen molar-refractivity contribution < 1.29 is 0 Å². The summed E-state index contributed by atoms with van der Waals surface area (Å²) in [6, 6.07) is 1.86. The number of aryl methyl sites for hydroxylation is 1. The normalized spacial score (nSPS) is 21.6. The first-order valence-corrected chi connectivity index (χ1v) is 6.87. The maximum absolute atomic E-state index is 5.99. The molecule has 1 saturated heterocycles. The summed E-state index contributed by atoms with van der Waals surface area (Å²) in [5.74, 6) is 2.16. The van der Waals surface area contributed by atoms with Crippen molar-refractivity contribution in [3.05, 3.63) is 22.7 Å². The molecular formula is C11H15ClN2S. The van der Waals surface area contributed by atoms with Crippen molar-refractivity contribution in [3.63, 3.8) is 0 Å². The van der Waals surface area contributed by atoms with E-state index in [1.165, 1.54) is 25.0 Å². The molecule has 1 aromatic rings. The van der Waals surface area contributed by atoms with Crippen LogP contribution in [0.4, 0.5) is 0 Å². The van der Waals surface area contributed by atoms with Gasteiger partial charge in [0.2, 0.25) is 0 Å². The molecule has 1 aliphatic heterocycles. The highest BCUT2D eigenvalue weighted by molar-refractivity contribution is 7.99. The van der Waals surface area contributed by atoms with Crippen molar-refractivity contribution >= 4 is 23.4 Å². The van der Waals surface area contributed by atoms with Gasteiger partial charge in [-0.3, -0.25) is 0 Å². The number of hydrogen-bond acceptors (Lipinski definition) is 3. The number of hydrogen-bond donors (Lipinski definition) is 0. The van der Waals surface area contributed by atoms with Gasteiger partial charge in [0.05, 0.1) is 5.25 Å². The molecule has 0 N–H and O–H groups in total. The number of rotatable bonds is 2. The summed E-state index contributed by atoms with van der Waals surface area (Å²) < 4.78 is 0. The molecule has 2 heterocycles. The van der Waals surface area contributed by atoms with Crippen LogP contribution in [0.2, 0.25) is 5.15 Å². The average molecular weight is 243 g/mol. The third-order valence-electron chi connectivity index (χ3n) is 2.60. The van der Waals surface area contributed by atoms with E-state index in [0.717, 1.165) is 17.9 Å². The zero-order valence-corrected chi connectivity index (χ0v) is 10.4. The first-order chi connectivity index (χ1) is 7.29. The van der Waals surface area contributed by atoms with Crippen LogP contribution in [0, 0.1) is 0 Å². The molecule has 0 aliphatic carbocycles. The van der Waals surface area contributed by atoms with Gasteiger partial charge in [0.15, 0.2) is 0 Å². The molecule has 0 saturated carbocycles. The van der Waals surface area contributed by atoms with Gasteiger partial charge >= 0.3 is 0 Å². The summed E-state index contributed by atoms with van der Waals surface area (Å²) in [5, 5.41) is 1.05. The van der Waals surface area contributed by atoms with Crippen molar-refractivity contribution in [2.45, 2.75) is 37.9 Å². The van der Waals surface area contributed by atoms with E-state index in [9.17, 15) is 0 Å². The Hall–Kier alpha value is -0.280. The summed E-state index contributed by atoms with van der Waals surface area (Å²) in [6.07, 6.45) is 4.72. The van der Waals surface area contributed by atoms with Gasteiger partial charge in [-0.15, -0.1) is 0 Å². The Bertz CT molecular complexity index is 337. The minimum Gasteiger partial charge on any atom is -0.237 e. The van der Waals surface area contributed by atoms with Crippen LogP contribution < -0.4 is 0 Å². The van der Waals surface area contributed by atoms with Crippen LogP contribution in [0.3, 0.4) is 0 Å². The van der Waals surface area contributed by atoms with Crippen LogP contribution in [0.15, 0.2) is 6.07 Å². The Morgan fingerprint density at radius 1 is 1.47 bits per heavy atom. The molecule has 0 amide bonds. The van der Waals surface area contributed by atoms with Crippen LogP contribution in [0.5, 0.6) is 0 Å². The zero-order chi connectivity index (χ0) is 10.7. The SMILES string of the molecule is CCc1cc(Cl)nc(C2CCCCS2)n1. The standard InChI is InChI=1S/C11H15ClN2S/c1-2-8-7-10(12)14-11(13-8)9-5-3-4-6-15-9/h7,9H,2-6H2,1H3. The van der Waals surface area contributed by atoms with Gasteiger partial charge in [-0.25, -0.2) is 9.97 Å². The molecule has 1 fully saturated rings. The number of halogens is 1. The van der Waals surface area contributed by atoms with Crippen molar-refractivity contribution in [3.8, 4) is 0 Å². The fourth-order valence-electron chi connectivity index (χ4n) is 1.75. The third kappa shape index (κ3) is 2.85. The lowest BCUT2D eigenvalue weighted by atomic mass is 10.2.